The zero-order valence-electron chi connectivity index (χ0n) is 11.8. The zero-order valence-corrected chi connectivity index (χ0v) is 13.4. The second-order valence-electron chi connectivity index (χ2n) is 4.87. The number of anilines is 2. The van der Waals surface area contributed by atoms with Crippen molar-refractivity contribution in [2.75, 3.05) is 17.2 Å². The average molecular weight is 351 g/mol. The summed E-state index contributed by atoms with van der Waals surface area (Å²) < 4.78 is 14.5. The van der Waals surface area contributed by atoms with E-state index in [-0.39, 0.29) is 18.3 Å². The summed E-state index contributed by atoms with van der Waals surface area (Å²) in [5.74, 6) is -0.598. The molecule has 0 saturated carbocycles. The maximum Gasteiger partial charge on any atom is 0.243 e. The van der Waals surface area contributed by atoms with Crippen LogP contribution in [-0.2, 0) is 4.79 Å². The molecule has 2 rings (SSSR count). The van der Waals surface area contributed by atoms with Crippen LogP contribution in [0.5, 0.6) is 0 Å². The summed E-state index contributed by atoms with van der Waals surface area (Å²) in [6.07, 6.45) is 0. The van der Waals surface area contributed by atoms with E-state index in [1.165, 1.54) is 6.07 Å². The van der Waals surface area contributed by atoms with Gasteiger partial charge in [-0.2, -0.15) is 0 Å². The fourth-order valence-electron chi connectivity index (χ4n) is 1.85. The molecule has 2 aromatic carbocycles. The molecule has 110 valence electrons. The van der Waals surface area contributed by atoms with Crippen LogP contribution in [0.4, 0.5) is 15.8 Å². The Labute approximate surface area is 131 Å². The summed E-state index contributed by atoms with van der Waals surface area (Å²) in [5, 5.41) is 5.56. The van der Waals surface area contributed by atoms with E-state index in [1.807, 2.05) is 32.0 Å². The van der Waals surface area contributed by atoms with Crippen LogP contribution in [-0.4, -0.2) is 12.5 Å². The molecular formula is C16H16BrFN2O. The van der Waals surface area contributed by atoms with Gasteiger partial charge in [0.05, 0.1) is 17.9 Å². The summed E-state index contributed by atoms with van der Waals surface area (Å²) in [5.41, 5.74) is 2.95. The van der Waals surface area contributed by atoms with Gasteiger partial charge < -0.3 is 10.6 Å². The molecule has 0 radical (unpaired) electrons. The Morgan fingerprint density at radius 2 is 1.71 bits per heavy atom. The Kier molecular flexibility index (Phi) is 4.96. The zero-order chi connectivity index (χ0) is 15.4. The van der Waals surface area contributed by atoms with Gasteiger partial charge in [0.15, 0.2) is 0 Å². The summed E-state index contributed by atoms with van der Waals surface area (Å²) in [4.78, 5) is 11.9. The van der Waals surface area contributed by atoms with Crippen molar-refractivity contribution in [1.82, 2.24) is 0 Å². The van der Waals surface area contributed by atoms with Crippen molar-refractivity contribution in [2.45, 2.75) is 13.8 Å². The fraction of sp³-hybridized carbons (Fsp3) is 0.188. The SMILES string of the molecule is Cc1ccc(NCC(=O)Nc2ccc(C)cc2Br)c(F)c1. The van der Waals surface area contributed by atoms with Crippen molar-refractivity contribution in [1.29, 1.82) is 0 Å². The number of amides is 1. The quantitative estimate of drug-likeness (QED) is 0.864. The minimum Gasteiger partial charge on any atom is -0.374 e. The van der Waals surface area contributed by atoms with E-state index in [2.05, 4.69) is 26.6 Å². The molecule has 0 aromatic heterocycles. The lowest BCUT2D eigenvalue weighted by Crippen LogP contribution is -2.22. The summed E-state index contributed by atoms with van der Waals surface area (Å²) in [7, 11) is 0. The van der Waals surface area contributed by atoms with Crippen molar-refractivity contribution in [3.8, 4) is 0 Å². The molecule has 0 aliphatic heterocycles. The lowest BCUT2D eigenvalue weighted by molar-refractivity contribution is -0.114. The van der Waals surface area contributed by atoms with Gasteiger partial charge in [0, 0.05) is 4.47 Å². The van der Waals surface area contributed by atoms with E-state index >= 15 is 0 Å². The van der Waals surface area contributed by atoms with Gasteiger partial charge in [-0.1, -0.05) is 12.1 Å². The number of aryl methyl sites for hydroxylation is 2. The number of benzene rings is 2. The number of rotatable bonds is 4. The third kappa shape index (κ3) is 4.29. The van der Waals surface area contributed by atoms with Gasteiger partial charge in [0.2, 0.25) is 5.91 Å². The maximum atomic E-state index is 13.6. The van der Waals surface area contributed by atoms with Crippen molar-refractivity contribution >= 4 is 33.2 Å². The predicted octanol–water partition coefficient (Wildman–Crippen LogP) is 4.26. The van der Waals surface area contributed by atoms with E-state index < -0.39 is 0 Å². The highest BCUT2D eigenvalue weighted by Crippen LogP contribution is 2.23. The Morgan fingerprint density at radius 3 is 2.33 bits per heavy atom. The number of carbonyl (C=O) groups is 1. The van der Waals surface area contributed by atoms with Gasteiger partial charge in [0.1, 0.15) is 5.82 Å². The smallest absolute Gasteiger partial charge is 0.243 e. The highest BCUT2D eigenvalue weighted by atomic mass is 79.9. The minimum atomic E-state index is -0.362. The first-order chi connectivity index (χ1) is 9.95. The Hall–Kier alpha value is -1.88. The molecule has 0 aliphatic carbocycles. The molecule has 2 N–H and O–H groups in total. The van der Waals surface area contributed by atoms with Crippen LogP contribution in [0.25, 0.3) is 0 Å². The molecule has 0 atom stereocenters. The molecule has 0 saturated heterocycles. The van der Waals surface area contributed by atoms with E-state index in [9.17, 15) is 9.18 Å². The second kappa shape index (κ2) is 6.72. The molecule has 0 unspecified atom stereocenters. The van der Waals surface area contributed by atoms with Crippen LogP contribution in [0.15, 0.2) is 40.9 Å². The fourth-order valence-corrected chi connectivity index (χ4v) is 2.45. The first-order valence-electron chi connectivity index (χ1n) is 6.52. The third-order valence-electron chi connectivity index (χ3n) is 2.96. The number of hydrogen-bond acceptors (Lipinski definition) is 2. The molecule has 0 aliphatic rings. The lowest BCUT2D eigenvalue weighted by atomic mass is 10.2. The average Bonchev–Trinajstić information content (AvgIpc) is 2.41. The van der Waals surface area contributed by atoms with Crippen molar-refractivity contribution in [2.24, 2.45) is 0 Å². The molecule has 1 amide bonds. The Morgan fingerprint density at radius 1 is 1.10 bits per heavy atom. The maximum absolute atomic E-state index is 13.6. The topological polar surface area (TPSA) is 41.1 Å². The van der Waals surface area contributed by atoms with Crippen LogP contribution in [0, 0.1) is 19.7 Å². The van der Waals surface area contributed by atoms with Crippen molar-refractivity contribution < 1.29 is 9.18 Å². The molecule has 0 heterocycles. The van der Waals surface area contributed by atoms with Crippen LogP contribution in [0.1, 0.15) is 11.1 Å². The number of halogens is 2. The molecule has 2 aromatic rings. The summed E-state index contributed by atoms with van der Waals surface area (Å²) in [6, 6.07) is 10.5. The summed E-state index contributed by atoms with van der Waals surface area (Å²) >= 11 is 3.40. The largest absolute Gasteiger partial charge is 0.374 e. The molecule has 21 heavy (non-hydrogen) atoms. The Balaban J connectivity index is 1.96. The van der Waals surface area contributed by atoms with Gasteiger partial charge in [-0.15, -0.1) is 0 Å². The molecular weight excluding hydrogens is 335 g/mol. The van der Waals surface area contributed by atoms with E-state index in [0.29, 0.717) is 11.4 Å². The number of carbonyl (C=O) groups excluding carboxylic acids is 1. The first kappa shape index (κ1) is 15.5. The van der Waals surface area contributed by atoms with E-state index in [4.69, 9.17) is 0 Å². The Bertz CT molecular complexity index is 673. The summed E-state index contributed by atoms with van der Waals surface area (Å²) in [6.45, 7) is 3.78. The van der Waals surface area contributed by atoms with Crippen LogP contribution in [0.2, 0.25) is 0 Å². The van der Waals surface area contributed by atoms with E-state index in [0.717, 1.165) is 15.6 Å². The normalized spacial score (nSPS) is 10.3. The first-order valence-corrected chi connectivity index (χ1v) is 7.31. The molecule has 5 heteroatoms. The van der Waals surface area contributed by atoms with Gasteiger partial charge >= 0.3 is 0 Å². The van der Waals surface area contributed by atoms with Crippen molar-refractivity contribution in [3.63, 3.8) is 0 Å². The third-order valence-corrected chi connectivity index (χ3v) is 3.62. The lowest BCUT2D eigenvalue weighted by Gasteiger charge is -2.10. The van der Waals surface area contributed by atoms with Crippen LogP contribution in [0.3, 0.4) is 0 Å². The van der Waals surface area contributed by atoms with E-state index in [1.54, 1.807) is 12.1 Å². The van der Waals surface area contributed by atoms with Gasteiger partial charge in [-0.3, -0.25) is 4.79 Å². The minimum absolute atomic E-state index is 0.000295. The second-order valence-corrected chi connectivity index (χ2v) is 5.72. The molecule has 0 fully saturated rings. The number of nitrogens with one attached hydrogen (secondary N) is 2. The van der Waals surface area contributed by atoms with Crippen molar-refractivity contribution in [3.05, 3.63) is 57.8 Å². The standard InChI is InChI=1S/C16H16BrFN2O/c1-10-3-5-14(12(17)7-10)20-16(21)9-19-15-6-4-11(2)8-13(15)18/h3-8,19H,9H2,1-2H3,(H,20,21). The number of hydrogen-bond donors (Lipinski definition) is 2. The van der Waals surface area contributed by atoms with Crippen LogP contribution >= 0.6 is 15.9 Å². The molecule has 3 nitrogen and oxygen atoms in total. The van der Waals surface area contributed by atoms with Gasteiger partial charge in [-0.25, -0.2) is 4.39 Å². The predicted molar refractivity (Wildman–Crippen MR) is 87.1 cm³/mol. The monoisotopic (exact) mass is 350 g/mol. The highest BCUT2D eigenvalue weighted by Gasteiger charge is 2.07. The van der Waals surface area contributed by atoms with Crippen LogP contribution < -0.4 is 10.6 Å². The van der Waals surface area contributed by atoms with Gasteiger partial charge in [-0.05, 0) is 65.2 Å². The molecule has 0 spiro atoms. The highest BCUT2D eigenvalue weighted by molar-refractivity contribution is 9.10. The molecule has 0 bridgehead atoms. The van der Waals surface area contributed by atoms with Gasteiger partial charge in [0.25, 0.3) is 0 Å².